The van der Waals surface area contributed by atoms with Gasteiger partial charge in [0.15, 0.2) is 0 Å². The number of thioether (sulfide) groups is 1. The van der Waals surface area contributed by atoms with Crippen molar-refractivity contribution in [1.29, 1.82) is 0 Å². The van der Waals surface area contributed by atoms with Gasteiger partial charge in [-0.2, -0.15) is 16.9 Å². The monoisotopic (exact) mass is 343 g/mol. The molecule has 1 amide bonds. The molecule has 3 rings (SSSR count). The lowest BCUT2D eigenvalue weighted by Gasteiger charge is -2.40. The largest absolute Gasteiger partial charge is 0.333 e. The first-order valence-corrected chi connectivity index (χ1v) is 9.49. The lowest BCUT2D eigenvalue weighted by Crippen LogP contribution is -2.44. The summed E-state index contributed by atoms with van der Waals surface area (Å²) in [5, 5.41) is 4.85. The van der Waals surface area contributed by atoms with Crippen LogP contribution in [0.4, 0.5) is 0 Å². The Balaban J connectivity index is 1.86. The SMILES string of the molecule is Cc1nn(C)c(C)c1CC(=O)N1CCS[C@@H](C)[C@@H]1c1ccccc1. The smallest absolute Gasteiger partial charge is 0.227 e. The number of nitrogens with zero attached hydrogens (tertiary/aromatic N) is 3. The highest BCUT2D eigenvalue weighted by Gasteiger charge is 2.33. The summed E-state index contributed by atoms with van der Waals surface area (Å²) in [6, 6.07) is 10.5. The minimum atomic E-state index is 0.148. The Kier molecular flexibility index (Phi) is 4.99. The lowest BCUT2D eigenvalue weighted by atomic mass is 10.0. The standard InChI is InChI=1S/C19H25N3OS/c1-13-17(14(2)21(4)20-13)12-18(23)22-10-11-24-15(3)19(22)16-8-6-5-7-9-16/h5-9,15,19H,10-12H2,1-4H3/t15-,19+/m0/s1. The summed E-state index contributed by atoms with van der Waals surface area (Å²) in [6.07, 6.45) is 0.437. The van der Waals surface area contributed by atoms with E-state index in [2.05, 4.69) is 41.2 Å². The predicted octanol–water partition coefficient (Wildman–Crippen LogP) is 3.28. The first-order valence-electron chi connectivity index (χ1n) is 8.44. The third-order valence-corrected chi connectivity index (χ3v) is 6.14. The van der Waals surface area contributed by atoms with E-state index in [1.54, 1.807) is 0 Å². The second-order valence-electron chi connectivity index (χ2n) is 6.47. The number of hydrogen-bond donors (Lipinski definition) is 0. The Morgan fingerprint density at radius 1 is 1.29 bits per heavy atom. The molecule has 2 heterocycles. The van der Waals surface area contributed by atoms with Gasteiger partial charge in [0.1, 0.15) is 0 Å². The maximum absolute atomic E-state index is 13.1. The van der Waals surface area contributed by atoms with Crippen LogP contribution in [-0.4, -0.2) is 38.1 Å². The van der Waals surface area contributed by atoms with Crippen LogP contribution < -0.4 is 0 Å². The number of aryl methyl sites for hydroxylation is 2. The summed E-state index contributed by atoms with van der Waals surface area (Å²) in [4.78, 5) is 15.2. The highest BCUT2D eigenvalue weighted by molar-refractivity contribution is 8.00. The molecular weight excluding hydrogens is 318 g/mol. The van der Waals surface area contributed by atoms with Gasteiger partial charge >= 0.3 is 0 Å². The molecule has 0 bridgehead atoms. The molecule has 2 aromatic rings. The third-order valence-electron chi connectivity index (χ3n) is 4.94. The quantitative estimate of drug-likeness (QED) is 0.858. The lowest BCUT2D eigenvalue weighted by molar-refractivity contribution is -0.132. The maximum Gasteiger partial charge on any atom is 0.227 e. The van der Waals surface area contributed by atoms with Gasteiger partial charge in [0.25, 0.3) is 0 Å². The second kappa shape index (κ2) is 7.01. The van der Waals surface area contributed by atoms with Crippen molar-refractivity contribution in [3.8, 4) is 0 Å². The molecule has 0 unspecified atom stereocenters. The van der Waals surface area contributed by atoms with E-state index < -0.39 is 0 Å². The second-order valence-corrected chi connectivity index (χ2v) is 7.95. The third kappa shape index (κ3) is 3.22. The van der Waals surface area contributed by atoms with Crippen LogP contribution >= 0.6 is 11.8 Å². The number of carbonyl (C=O) groups excluding carboxylic acids is 1. The van der Waals surface area contributed by atoms with Gasteiger partial charge in [0.05, 0.1) is 18.2 Å². The van der Waals surface area contributed by atoms with E-state index in [-0.39, 0.29) is 11.9 Å². The fourth-order valence-electron chi connectivity index (χ4n) is 3.53. The van der Waals surface area contributed by atoms with Gasteiger partial charge in [-0.15, -0.1) is 0 Å². The molecule has 1 aromatic carbocycles. The van der Waals surface area contributed by atoms with Crippen LogP contribution in [0.15, 0.2) is 30.3 Å². The summed E-state index contributed by atoms with van der Waals surface area (Å²) in [6.45, 7) is 7.05. The summed E-state index contributed by atoms with van der Waals surface area (Å²) in [7, 11) is 1.93. The topological polar surface area (TPSA) is 38.1 Å². The van der Waals surface area contributed by atoms with E-state index in [9.17, 15) is 4.79 Å². The fraction of sp³-hybridized carbons (Fsp3) is 0.474. The van der Waals surface area contributed by atoms with Gasteiger partial charge < -0.3 is 4.90 Å². The molecule has 24 heavy (non-hydrogen) atoms. The molecule has 1 aliphatic heterocycles. The summed E-state index contributed by atoms with van der Waals surface area (Å²) >= 11 is 1.95. The van der Waals surface area contributed by atoms with Crippen LogP contribution in [0.3, 0.4) is 0 Å². The highest BCUT2D eigenvalue weighted by atomic mass is 32.2. The van der Waals surface area contributed by atoms with Gasteiger partial charge in [0.2, 0.25) is 5.91 Å². The predicted molar refractivity (Wildman–Crippen MR) is 99.2 cm³/mol. The molecule has 1 saturated heterocycles. The normalized spacial score (nSPS) is 21.1. The van der Waals surface area contributed by atoms with E-state index in [1.807, 2.05) is 43.4 Å². The molecule has 1 aliphatic rings. The van der Waals surface area contributed by atoms with Crippen LogP contribution in [-0.2, 0) is 18.3 Å². The Labute approximate surface area is 148 Å². The van der Waals surface area contributed by atoms with Crippen LogP contribution in [0.1, 0.15) is 35.5 Å². The Morgan fingerprint density at radius 3 is 2.62 bits per heavy atom. The number of carbonyl (C=O) groups is 1. The van der Waals surface area contributed by atoms with Gasteiger partial charge in [-0.25, -0.2) is 0 Å². The van der Waals surface area contributed by atoms with Crippen molar-refractivity contribution in [2.75, 3.05) is 12.3 Å². The first kappa shape index (κ1) is 17.1. The molecule has 128 valence electrons. The number of benzene rings is 1. The number of aromatic nitrogens is 2. The molecule has 0 radical (unpaired) electrons. The van der Waals surface area contributed by atoms with Crippen molar-refractivity contribution < 1.29 is 4.79 Å². The van der Waals surface area contributed by atoms with Crippen molar-refractivity contribution in [1.82, 2.24) is 14.7 Å². The molecule has 1 aromatic heterocycles. The maximum atomic E-state index is 13.1. The molecule has 0 aliphatic carbocycles. The average molecular weight is 343 g/mol. The van der Waals surface area contributed by atoms with Crippen molar-refractivity contribution in [3.05, 3.63) is 52.8 Å². The van der Waals surface area contributed by atoms with Crippen LogP contribution in [0, 0.1) is 13.8 Å². The molecule has 0 saturated carbocycles. The first-order chi connectivity index (χ1) is 11.5. The number of amides is 1. The number of hydrogen-bond acceptors (Lipinski definition) is 3. The van der Waals surface area contributed by atoms with E-state index in [1.165, 1.54) is 5.56 Å². The molecule has 2 atom stereocenters. The number of rotatable bonds is 3. The molecule has 5 heteroatoms. The van der Waals surface area contributed by atoms with Crippen LogP contribution in [0.2, 0.25) is 0 Å². The zero-order chi connectivity index (χ0) is 17.3. The zero-order valence-corrected chi connectivity index (χ0v) is 15.6. The summed E-state index contributed by atoms with van der Waals surface area (Å²) in [5.41, 5.74) is 4.33. The van der Waals surface area contributed by atoms with Crippen LogP contribution in [0.5, 0.6) is 0 Å². The molecule has 1 fully saturated rings. The van der Waals surface area contributed by atoms with Crippen LogP contribution in [0.25, 0.3) is 0 Å². The van der Waals surface area contributed by atoms with Crippen molar-refractivity contribution >= 4 is 17.7 Å². The molecular formula is C19H25N3OS. The van der Waals surface area contributed by atoms with E-state index in [0.29, 0.717) is 11.7 Å². The highest BCUT2D eigenvalue weighted by Crippen LogP contribution is 2.36. The van der Waals surface area contributed by atoms with Crippen molar-refractivity contribution in [2.45, 2.75) is 38.5 Å². The van der Waals surface area contributed by atoms with Gasteiger partial charge in [-0.3, -0.25) is 9.48 Å². The van der Waals surface area contributed by atoms with E-state index in [0.717, 1.165) is 29.2 Å². The van der Waals surface area contributed by atoms with Gasteiger partial charge in [0, 0.05) is 35.9 Å². The van der Waals surface area contributed by atoms with E-state index >= 15 is 0 Å². The summed E-state index contributed by atoms with van der Waals surface area (Å²) < 4.78 is 1.86. The molecule has 0 spiro atoms. The summed E-state index contributed by atoms with van der Waals surface area (Å²) in [5.74, 6) is 1.21. The Hall–Kier alpha value is -1.75. The van der Waals surface area contributed by atoms with Gasteiger partial charge in [-0.1, -0.05) is 37.3 Å². The molecule has 0 N–H and O–H groups in total. The minimum Gasteiger partial charge on any atom is -0.333 e. The van der Waals surface area contributed by atoms with Gasteiger partial charge in [-0.05, 0) is 19.4 Å². The zero-order valence-electron chi connectivity index (χ0n) is 14.8. The fourth-order valence-corrected chi connectivity index (χ4v) is 4.69. The molecule has 4 nitrogen and oxygen atoms in total. The average Bonchev–Trinajstić information content (AvgIpc) is 2.81. The van der Waals surface area contributed by atoms with E-state index in [4.69, 9.17) is 0 Å². The Bertz CT molecular complexity index is 726. The van der Waals surface area contributed by atoms with Crippen molar-refractivity contribution in [3.63, 3.8) is 0 Å². The Morgan fingerprint density at radius 2 is 2.00 bits per heavy atom. The minimum absolute atomic E-state index is 0.148. The van der Waals surface area contributed by atoms with Crippen molar-refractivity contribution in [2.24, 2.45) is 7.05 Å².